The van der Waals surface area contributed by atoms with Gasteiger partial charge < -0.3 is 10.5 Å². The normalized spacial score (nSPS) is 30.6. The molecule has 2 nitrogen and oxygen atoms in total. The van der Waals surface area contributed by atoms with Crippen LogP contribution in [0.2, 0.25) is 6.82 Å². The molecule has 1 aliphatic rings. The Labute approximate surface area is 178 Å². The zero-order valence-corrected chi connectivity index (χ0v) is 21.0. The Hall–Kier alpha value is -0.0151. The largest absolute Gasteiger partial charge is 0.387 e. The van der Waals surface area contributed by atoms with Crippen molar-refractivity contribution >= 4 is 7.28 Å². The smallest absolute Gasteiger partial charge is 0.159 e. The van der Waals surface area contributed by atoms with Gasteiger partial charge in [0.05, 0.1) is 0 Å². The summed E-state index contributed by atoms with van der Waals surface area (Å²) < 4.78 is 6.04. The summed E-state index contributed by atoms with van der Waals surface area (Å²) in [4.78, 5) is 0. The summed E-state index contributed by atoms with van der Waals surface area (Å²) in [7, 11) is 3.08. The summed E-state index contributed by atoms with van der Waals surface area (Å²) in [6.07, 6.45) is 7.45. The van der Waals surface area contributed by atoms with E-state index in [0.717, 1.165) is 43.3 Å². The van der Waals surface area contributed by atoms with E-state index in [4.69, 9.17) is 10.5 Å². The maximum atomic E-state index is 6.76. The van der Waals surface area contributed by atoms with Crippen molar-refractivity contribution in [3.8, 4) is 0 Å². The van der Waals surface area contributed by atoms with Crippen LogP contribution in [0.25, 0.3) is 0 Å². The van der Waals surface area contributed by atoms with Gasteiger partial charge in [-0.2, -0.15) is 0 Å². The lowest BCUT2D eigenvalue weighted by molar-refractivity contribution is 0.0858. The number of methoxy groups -OCH3 is 1. The van der Waals surface area contributed by atoms with Crippen molar-refractivity contribution in [3.05, 3.63) is 0 Å². The predicted octanol–water partition coefficient (Wildman–Crippen LogP) is 6.34. The van der Waals surface area contributed by atoms with E-state index in [0.29, 0.717) is 11.8 Å². The van der Waals surface area contributed by atoms with E-state index in [1.807, 2.05) is 7.11 Å². The highest BCUT2D eigenvalue weighted by Gasteiger charge is 2.58. The number of hydrogen-bond acceptors (Lipinski definition) is 2. The molecule has 0 radical (unpaired) electrons. The molecule has 0 aliphatic heterocycles. The first-order chi connectivity index (χ1) is 13.0. The fourth-order valence-electron chi connectivity index (χ4n) is 5.86. The van der Waals surface area contributed by atoms with Crippen molar-refractivity contribution in [2.75, 3.05) is 7.11 Å². The minimum Gasteiger partial charge on any atom is -0.387 e. The van der Waals surface area contributed by atoms with Crippen molar-refractivity contribution in [1.29, 1.82) is 0 Å². The summed E-state index contributed by atoms with van der Waals surface area (Å²) in [5, 5.41) is 0. The molecule has 1 saturated carbocycles. The first-order valence-electron chi connectivity index (χ1n) is 12.4. The Morgan fingerprint density at radius 2 is 1.68 bits per heavy atom. The molecule has 0 aromatic carbocycles. The second-order valence-electron chi connectivity index (χ2n) is 10.7. The zero-order valence-electron chi connectivity index (χ0n) is 21.0. The van der Waals surface area contributed by atoms with E-state index in [-0.39, 0.29) is 11.0 Å². The van der Waals surface area contributed by atoms with Crippen molar-refractivity contribution in [1.82, 2.24) is 0 Å². The minimum absolute atomic E-state index is 0.0568. The number of ether oxygens (including phenoxy) is 1. The highest BCUT2D eigenvalue weighted by Crippen LogP contribution is 2.55. The second kappa shape index (κ2) is 10.8. The molecule has 0 aromatic heterocycles. The maximum absolute atomic E-state index is 6.76. The maximum Gasteiger partial charge on any atom is 0.159 e. The lowest BCUT2D eigenvalue weighted by Crippen LogP contribution is -2.45. The number of rotatable bonds is 14. The van der Waals surface area contributed by atoms with Crippen LogP contribution in [0, 0.1) is 41.4 Å². The third kappa shape index (κ3) is 6.00. The lowest BCUT2D eigenvalue weighted by atomic mass is 9.65. The van der Waals surface area contributed by atoms with Crippen molar-refractivity contribution < 1.29 is 4.74 Å². The third-order valence-corrected chi connectivity index (χ3v) is 9.22. The lowest BCUT2D eigenvalue weighted by Gasteiger charge is -2.39. The minimum atomic E-state index is -0.0568. The van der Waals surface area contributed by atoms with Crippen LogP contribution in [0.5, 0.6) is 0 Å². The molecule has 1 rings (SSSR count). The van der Waals surface area contributed by atoms with Gasteiger partial charge in [-0.25, -0.2) is 0 Å². The predicted molar refractivity (Wildman–Crippen MR) is 127 cm³/mol. The molecule has 1 aliphatic carbocycles. The van der Waals surface area contributed by atoms with E-state index in [1.165, 1.54) is 32.1 Å². The van der Waals surface area contributed by atoms with Gasteiger partial charge in [0.2, 0.25) is 0 Å². The van der Waals surface area contributed by atoms with Gasteiger partial charge in [0.1, 0.15) is 0 Å². The summed E-state index contributed by atoms with van der Waals surface area (Å²) in [6, 6.07) is 0. The van der Waals surface area contributed by atoms with Crippen molar-refractivity contribution in [3.63, 3.8) is 0 Å². The van der Waals surface area contributed by atoms with Crippen LogP contribution >= 0.6 is 0 Å². The molecule has 2 N–H and O–H groups in total. The van der Waals surface area contributed by atoms with E-state index in [9.17, 15) is 0 Å². The van der Waals surface area contributed by atoms with Gasteiger partial charge in [0.15, 0.2) is 7.28 Å². The Bertz CT molecular complexity index is 448. The Kier molecular flexibility index (Phi) is 10.1. The van der Waals surface area contributed by atoms with Gasteiger partial charge in [-0.15, -0.1) is 0 Å². The van der Waals surface area contributed by atoms with E-state index in [1.54, 1.807) is 0 Å². The molecule has 0 amide bonds. The third-order valence-electron chi connectivity index (χ3n) is 9.22. The molecular formula is C25H52BNO. The molecule has 0 saturated heterocycles. The van der Waals surface area contributed by atoms with Crippen LogP contribution in [-0.2, 0) is 4.74 Å². The molecule has 9 atom stereocenters. The van der Waals surface area contributed by atoms with Crippen LogP contribution in [-0.4, -0.2) is 25.4 Å². The monoisotopic (exact) mass is 393 g/mol. The van der Waals surface area contributed by atoms with Crippen LogP contribution < -0.4 is 5.73 Å². The van der Waals surface area contributed by atoms with E-state index >= 15 is 0 Å². The van der Waals surface area contributed by atoms with E-state index < -0.39 is 0 Å². The summed E-state index contributed by atoms with van der Waals surface area (Å²) in [5.41, 5.74) is 6.87. The summed E-state index contributed by atoms with van der Waals surface area (Å²) in [5.74, 6) is 5.07. The SMILES string of the molecule is CBC1(OC)CC1C(CC(CC)C(C)CC(C)(N)C(C)CC)C(C)C(C)CC. The number of nitrogens with two attached hydrogens (primary N) is 1. The topological polar surface area (TPSA) is 35.2 Å². The van der Waals surface area contributed by atoms with Crippen LogP contribution in [0.3, 0.4) is 0 Å². The molecule has 0 aromatic rings. The van der Waals surface area contributed by atoms with Gasteiger partial charge in [-0.05, 0) is 67.6 Å². The quantitative estimate of drug-likeness (QED) is 0.350. The summed E-state index contributed by atoms with van der Waals surface area (Å²) in [6.45, 7) is 21.3. The molecule has 1 fully saturated rings. The molecule has 3 heteroatoms. The van der Waals surface area contributed by atoms with Crippen molar-refractivity contribution in [2.24, 2.45) is 47.2 Å². The Morgan fingerprint density at radius 1 is 1.07 bits per heavy atom. The van der Waals surface area contributed by atoms with Crippen LogP contribution in [0.4, 0.5) is 0 Å². The molecule has 0 bridgehead atoms. The van der Waals surface area contributed by atoms with Gasteiger partial charge in [0, 0.05) is 18.1 Å². The molecule has 0 spiro atoms. The first-order valence-corrected chi connectivity index (χ1v) is 12.4. The average Bonchev–Trinajstić information content (AvgIpc) is 3.41. The zero-order chi connectivity index (χ0) is 21.7. The van der Waals surface area contributed by atoms with Crippen LogP contribution in [0.15, 0.2) is 0 Å². The standard InChI is InChI=1S/C25H52BNO/c1-11-17(4)20(7)22(23-16-25(23,26-9)28-10)14-21(13-3)18(5)15-24(8,27)19(6)12-2/h17-23,26H,11-16,27H2,1-10H3. The average molecular weight is 394 g/mol. The summed E-state index contributed by atoms with van der Waals surface area (Å²) >= 11 is 0. The molecule has 0 heterocycles. The molecule has 28 heavy (non-hydrogen) atoms. The second-order valence-corrected chi connectivity index (χ2v) is 10.7. The van der Waals surface area contributed by atoms with Gasteiger partial charge in [0.25, 0.3) is 0 Å². The van der Waals surface area contributed by atoms with Crippen LogP contribution in [0.1, 0.15) is 93.9 Å². The highest BCUT2D eigenvalue weighted by molar-refractivity contribution is 6.39. The fraction of sp³-hybridized carbons (Fsp3) is 1.00. The number of hydrogen-bond donors (Lipinski definition) is 1. The Morgan fingerprint density at radius 3 is 2.07 bits per heavy atom. The van der Waals surface area contributed by atoms with Gasteiger partial charge in [-0.3, -0.25) is 0 Å². The van der Waals surface area contributed by atoms with Gasteiger partial charge >= 0.3 is 0 Å². The fourth-order valence-corrected chi connectivity index (χ4v) is 5.86. The first kappa shape index (κ1) is 26.0. The Balaban J connectivity index is 2.95. The van der Waals surface area contributed by atoms with Gasteiger partial charge in [-0.1, -0.05) is 74.6 Å². The highest BCUT2D eigenvalue weighted by atomic mass is 16.5. The molecule has 9 unspecified atom stereocenters. The van der Waals surface area contributed by atoms with Crippen molar-refractivity contribution in [2.45, 2.75) is 112 Å². The molecular weight excluding hydrogens is 341 g/mol. The van der Waals surface area contributed by atoms with E-state index in [2.05, 4.69) is 62.2 Å². The molecule has 166 valence electrons.